The number of rotatable bonds is 4. The van der Waals surface area contributed by atoms with Gasteiger partial charge in [-0.2, -0.15) is 0 Å². The molecule has 0 spiro atoms. The van der Waals surface area contributed by atoms with E-state index in [0.29, 0.717) is 12.3 Å². The molecule has 0 saturated carbocycles. The summed E-state index contributed by atoms with van der Waals surface area (Å²) in [6.45, 7) is 6.74. The van der Waals surface area contributed by atoms with Crippen molar-refractivity contribution in [3.05, 3.63) is 33.9 Å². The van der Waals surface area contributed by atoms with E-state index in [1.807, 2.05) is 0 Å². The second kappa shape index (κ2) is 7.26. The first-order valence-electron chi connectivity index (χ1n) is 7.13. The molecule has 0 aromatic heterocycles. The van der Waals surface area contributed by atoms with Crippen LogP contribution in [0, 0.1) is 15.5 Å². The molecule has 2 rings (SSSR count). The molecule has 1 aliphatic heterocycles. The number of ether oxygens (including phenoxy) is 1. The van der Waals surface area contributed by atoms with E-state index in [0.717, 1.165) is 25.1 Å². The Morgan fingerprint density at radius 2 is 2.18 bits per heavy atom. The van der Waals surface area contributed by atoms with E-state index >= 15 is 0 Å². The number of halogens is 1. The van der Waals surface area contributed by atoms with Crippen LogP contribution in [-0.2, 0) is 6.54 Å². The quantitative estimate of drug-likeness (QED) is 0.678. The highest BCUT2D eigenvalue weighted by atomic mass is 35.5. The molecular weight excluding hydrogens is 306 g/mol. The van der Waals surface area contributed by atoms with Crippen LogP contribution in [0.4, 0.5) is 5.69 Å². The Kier molecular flexibility index (Phi) is 6.17. The van der Waals surface area contributed by atoms with Gasteiger partial charge in [0.1, 0.15) is 5.75 Å². The highest BCUT2D eigenvalue weighted by Gasteiger charge is 2.33. The first-order valence-corrected chi connectivity index (χ1v) is 7.13. The Morgan fingerprint density at radius 3 is 2.73 bits per heavy atom. The fourth-order valence-corrected chi connectivity index (χ4v) is 2.86. The third-order valence-electron chi connectivity index (χ3n) is 4.26. The third kappa shape index (κ3) is 4.09. The zero-order valence-electron chi connectivity index (χ0n) is 13.2. The predicted molar refractivity (Wildman–Crippen MR) is 88.5 cm³/mol. The van der Waals surface area contributed by atoms with E-state index in [4.69, 9.17) is 10.5 Å². The SMILES string of the molecule is COc1ccc([N+](=O)[O-])cc1CN1CCC(N)C(C)(C)C1.Cl. The largest absolute Gasteiger partial charge is 0.496 e. The molecule has 0 bridgehead atoms. The average Bonchev–Trinajstić information content (AvgIpc) is 2.42. The monoisotopic (exact) mass is 329 g/mol. The molecular formula is C15H24ClN3O3. The van der Waals surface area contributed by atoms with E-state index in [-0.39, 0.29) is 34.5 Å². The number of hydrogen-bond acceptors (Lipinski definition) is 5. The molecule has 1 aliphatic rings. The lowest BCUT2D eigenvalue weighted by molar-refractivity contribution is -0.385. The van der Waals surface area contributed by atoms with Crippen molar-refractivity contribution < 1.29 is 9.66 Å². The fraction of sp³-hybridized carbons (Fsp3) is 0.600. The molecule has 6 nitrogen and oxygen atoms in total. The normalized spacial score (nSPS) is 21.0. The summed E-state index contributed by atoms with van der Waals surface area (Å²) in [5.41, 5.74) is 7.14. The molecule has 2 N–H and O–H groups in total. The molecule has 7 heteroatoms. The predicted octanol–water partition coefficient (Wildman–Crippen LogP) is 2.58. The van der Waals surface area contributed by atoms with E-state index in [2.05, 4.69) is 18.7 Å². The van der Waals surface area contributed by atoms with Gasteiger partial charge in [-0.25, -0.2) is 0 Å². The molecule has 1 fully saturated rings. The number of nitrogens with zero attached hydrogens (tertiary/aromatic N) is 2. The van der Waals surface area contributed by atoms with Crippen LogP contribution in [0.15, 0.2) is 18.2 Å². The Bertz CT molecular complexity index is 537. The van der Waals surface area contributed by atoms with Crippen molar-refractivity contribution in [3.63, 3.8) is 0 Å². The van der Waals surface area contributed by atoms with Crippen molar-refractivity contribution in [1.29, 1.82) is 0 Å². The summed E-state index contributed by atoms with van der Waals surface area (Å²) in [5, 5.41) is 10.9. The molecule has 1 aromatic carbocycles. The Hall–Kier alpha value is -1.37. The topological polar surface area (TPSA) is 81.6 Å². The Balaban J connectivity index is 0.00000242. The van der Waals surface area contributed by atoms with Crippen molar-refractivity contribution in [2.75, 3.05) is 20.2 Å². The number of likely N-dealkylation sites (tertiary alicyclic amines) is 1. The maximum absolute atomic E-state index is 10.9. The standard InChI is InChI=1S/C15H23N3O3.ClH/c1-15(2)10-17(7-6-14(15)16)9-11-8-12(18(19)20)4-5-13(11)21-3;/h4-5,8,14H,6-7,9-10,16H2,1-3H3;1H. The van der Waals surface area contributed by atoms with Gasteiger partial charge >= 0.3 is 0 Å². The van der Waals surface area contributed by atoms with Crippen molar-refractivity contribution in [1.82, 2.24) is 4.90 Å². The lowest BCUT2D eigenvalue weighted by Crippen LogP contribution is -2.52. The Labute approximate surface area is 137 Å². The highest BCUT2D eigenvalue weighted by molar-refractivity contribution is 5.85. The van der Waals surface area contributed by atoms with Gasteiger partial charge in [-0.3, -0.25) is 15.0 Å². The number of piperidine rings is 1. The van der Waals surface area contributed by atoms with Crippen molar-refractivity contribution in [3.8, 4) is 5.75 Å². The molecule has 0 amide bonds. The maximum Gasteiger partial charge on any atom is 0.270 e. The van der Waals surface area contributed by atoms with Gasteiger partial charge in [0.2, 0.25) is 0 Å². The van der Waals surface area contributed by atoms with Gasteiger partial charge in [0.05, 0.1) is 12.0 Å². The van der Waals surface area contributed by atoms with Crippen LogP contribution in [0.5, 0.6) is 5.75 Å². The van der Waals surface area contributed by atoms with Crippen LogP contribution in [0.2, 0.25) is 0 Å². The molecule has 0 aliphatic carbocycles. The summed E-state index contributed by atoms with van der Waals surface area (Å²) in [5.74, 6) is 0.688. The van der Waals surface area contributed by atoms with Crippen molar-refractivity contribution >= 4 is 18.1 Å². The molecule has 1 unspecified atom stereocenters. The second-order valence-electron chi connectivity index (χ2n) is 6.35. The van der Waals surface area contributed by atoms with Crippen LogP contribution < -0.4 is 10.5 Å². The average molecular weight is 330 g/mol. The van der Waals surface area contributed by atoms with Gasteiger partial charge in [0.15, 0.2) is 0 Å². The third-order valence-corrected chi connectivity index (χ3v) is 4.26. The number of nitro groups is 1. The number of non-ortho nitro benzene ring substituents is 1. The summed E-state index contributed by atoms with van der Waals surface area (Å²) in [7, 11) is 1.58. The molecule has 0 radical (unpaired) electrons. The first kappa shape index (κ1) is 18.7. The zero-order chi connectivity index (χ0) is 15.6. The van der Waals surface area contributed by atoms with Crippen LogP contribution >= 0.6 is 12.4 Å². The molecule has 1 aromatic rings. The van der Waals surface area contributed by atoms with E-state index in [9.17, 15) is 10.1 Å². The van der Waals surface area contributed by atoms with Gasteiger partial charge in [-0.1, -0.05) is 13.8 Å². The Morgan fingerprint density at radius 1 is 1.50 bits per heavy atom. The van der Waals surface area contributed by atoms with Crippen molar-refractivity contribution in [2.45, 2.75) is 32.9 Å². The van der Waals surface area contributed by atoms with E-state index in [1.54, 1.807) is 19.2 Å². The maximum atomic E-state index is 10.9. The number of nitrogens with two attached hydrogens (primary N) is 1. The van der Waals surface area contributed by atoms with E-state index < -0.39 is 0 Å². The first-order chi connectivity index (χ1) is 9.83. The second-order valence-corrected chi connectivity index (χ2v) is 6.35. The summed E-state index contributed by atoms with van der Waals surface area (Å²) in [6, 6.07) is 4.92. The van der Waals surface area contributed by atoms with Gasteiger partial charge < -0.3 is 10.5 Å². The summed E-state index contributed by atoms with van der Waals surface area (Å²) >= 11 is 0. The lowest BCUT2D eigenvalue weighted by Gasteiger charge is -2.42. The molecule has 22 heavy (non-hydrogen) atoms. The van der Waals surface area contributed by atoms with Crippen molar-refractivity contribution in [2.24, 2.45) is 11.1 Å². The number of nitro benzene ring substituents is 1. The van der Waals surface area contributed by atoms with Crippen LogP contribution in [0.3, 0.4) is 0 Å². The summed E-state index contributed by atoms with van der Waals surface area (Å²) in [4.78, 5) is 12.8. The van der Waals surface area contributed by atoms with Crippen LogP contribution in [0.25, 0.3) is 0 Å². The van der Waals surface area contributed by atoms with Crippen LogP contribution in [0.1, 0.15) is 25.8 Å². The van der Waals surface area contributed by atoms with Gasteiger partial charge in [0.25, 0.3) is 5.69 Å². The summed E-state index contributed by atoms with van der Waals surface area (Å²) in [6.07, 6.45) is 0.935. The zero-order valence-corrected chi connectivity index (χ0v) is 14.1. The molecule has 1 atom stereocenters. The van der Waals surface area contributed by atoms with Gasteiger partial charge in [-0.05, 0) is 17.9 Å². The molecule has 1 saturated heterocycles. The van der Waals surface area contributed by atoms with Gasteiger partial charge in [-0.15, -0.1) is 12.4 Å². The lowest BCUT2D eigenvalue weighted by atomic mass is 9.79. The molecule has 1 heterocycles. The number of hydrogen-bond donors (Lipinski definition) is 1. The smallest absolute Gasteiger partial charge is 0.270 e. The summed E-state index contributed by atoms with van der Waals surface area (Å²) < 4.78 is 5.32. The molecule has 124 valence electrons. The minimum absolute atomic E-state index is 0. The number of benzene rings is 1. The highest BCUT2D eigenvalue weighted by Crippen LogP contribution is 2.31. The van der Waals surface area contributed by atoms with Crippen LogP contribution in [-0.4, -0.2) is 36.1 Å². The number of methoxy groups -OCH3 is 1. The minimum Gasteiger partial charge on any atom is -0.496 e. The van der Waals surface area contributed by atoms with Gasteiger partial charge in [0, 0.05) is 43.4 Å². The minimum atomic E-state index is -0.376. The fourth-order valence-electron chi connectivity index (χ4n) is 2.86. The van der Waals surface area contributed by atoms with E-state index in [1.165, 1.54) is 6.07 Å².